The molecule has 3 rings (SSSR count). The van der Waals surface area contributed by atoms with E-state index in [1.807, 2.05) is 36.4 Å². The molecule has 0 saturated heterocycles. The lowest BCUT2D eigenvalue weighted by molar-refractivity contribution is -0.123. The van der Waals surface area contributed by atoms with Crippen molar-refractivity contribution < 1.29 is 14.3 Å². The van der Waals surface area contributed by atoms with E-state index < -0.39 is 0 Å². The summed E-state index contributed by atoms with van der Waals surface area (Å²) in [6, 6.07) is 11.7. The lowest BCUT2D eigenvalue weighted by Gasteiger charge is -2.13. The zero-order valence-electron chi connectivity index (χ0n) is 14.7. The van der Waals surface area contributed by atoms with Gasteiger partial charge in [-0.25, -0.2) is 0 Å². The average Bonchev–Trinajstić information content (AvgIpc) is 2.66. The van der Waals surface area contributed by atoms with E-state index in [1.165, 1.54) is 31.3 Å². The molecule has 0 radical (unpaired) electrons. The van der Waals surface area contributed by atoms with E-state index >= 15 is 0 Å². The van der Waals surface area contributed by atoms with Crippen molar-refractivity contribution in [2.24, 2.45) is 0 Å². The molecule has 0 aromatic heterocycles. The summed E-state index contributed by atoms with van der Waals surface area (Å²) in [5.41, 5.74) is 1.47. The molecule has 0 aliphatic heterocycles. The molecule has 1 N–H and O–H groups in total. The Morgan fingerprint density at radius 2 is 1.88 bits per heavy atom. The monoisotopic (exact) mass is 339 g/mol. The van der Waals surface area contributed by atoms with Crippen LogP contribution in [0.15, 0.2) is 48.0 Å². The molecule has 0 saturated carbocycles. The van der Waals surface area contributed by atoms with E-state index in [-0.39, 0.29) is 12.5 Å². The fourth-order valence-electron chi connectivity index (χ4n) is 3.11. The first-order valence-corrected chi connectivity index (χ1v) is 8.90. The SMILES string of the molecule is COc1ccc2ccc(OCC(=O)NCCC3=CCCCC3)cc2c1. The van der Waals surface area contributed by atoms with Gasteiger partial charge in [0.2, 0.25) is 0 Å². The third-order valence-corrected chi connectivity index (χ3v) is 4.54. The first-order valence-electron chi connectivity index (χ1n) is 8.90. The smallest absolute Gasteiger partial charge is 0.257 e. The fraction of sp³-hybridized carbons (Fsp3) is 0.381. The molecule has 0 unspecified atom stereocenters. The number of methoxy groups -OCH3 is 1. The zero-order valence-corrected chi connectivity index (χ0v) is 14.7. The van der Waals surface area contributed by atoms with Gasteiger partial charge >= 0.3 is 0 Å². The van der Waals surface area contributed by atoms with Crippen LogP contribution in [0.5, 0.6) is 11.5 Å². The number of ether oxygens (including phenoxy) is 2. The van der Waals surface area contributed by atoms with E-state index in [1.54, 1.807) is 7.11 Å². The molecule has 1 amide bonds. The molecule has 1 aliphatic rings. The van der Waals surface area contributed by atoms with Crippen LogP contribution < -0.4 is 14.8 Å². The maximum Gasteiger partial charge on any atom is 0.257 e. The van der Waals surface area contributed by atoms with Crippen molar-refractivity contribution in [1.29, 1.82) is 0 Å². The third-order valence-electron chi connectivity index (χ3n) is 4.54. The highest BCUT2D eigenvalue weighted by molar-refractivity contribution is 5.85. The minimum Gasteiger partial charge on any atom is -0.497 e. The first kappa shape index (κ1) is 17.3. The number of benzene rings is 2. The van der Waals surface area contributed by atoms with Crippen LogP contribution in [0.3, 0.4) is 0 Å². The molecule has 2 aromatic carbocycles. The summed E-state index contributed by atoms with van der Waals surface area (Å²) in [5.74, 6) is 1.41. The Kier molecular flexibility index (Phi) is 5.94. The predicted molar refractivity (Wildman–Crippen MR) is 100 cm³/mol. The Balaban J connectivity index is 1.48. The van der Waals surface area contributed by atoms with Crippen LogP contribution in [-0.2, 0) is 4.79 Å². The highest BCUT2D eigenvalue weighted by atomic mass is 16.5. The summed E-state index contributed by atoms with van der Waals surface area (Å²) in [5, 5.41) is 5.07. The Bertz CT molecular complexity index is 767. The van der Waals surface area contributed by atoms with Crippen molar-refractivity contribution in [3.05, 3.63) is 48.0 Å². The van der Waals surface area contributed by atoms with Gasteiger partial charge in [0.15, 0.2) is 6.61 Å². The average molecular weight is 339 g/mol. The Morgan fingerprint density at radius 1 is 1.08 bits per heavy atom. The Morgan fingerprint density at radius 3 is 2.64 bits per heavy atom. The number of carbonyl (C=O) groups is 1. The molecule has 4 heteroatoms. The van der Waals surface area contributed by atoms with Crippen molar-refractivity contribution in [3.63, 3.8) is 0 Å². The number of amides is 1. The van der Waals surface area contributed by atoms with Gasteiger partial charge in [-0.1, -0.05) is 23.8 Å². The van der Waals surface area contributed by atoms with Gasteiger partial charge in [-0.3, -0.25) is 4.79 Å². The molecular formula is C21H25NO3. The highest BCUT2D eigenvalue weighted by Gasteiger charge is 2.06. The van der Waals surface area contributed by atoms with Crippen LogP contribution >= 0.6 is 0 Å². The van der Waals surface area contributed by atoms with Crippen molar-refractivity contribution in [1.82, 2.24) is 5.32 Å². The van der Waals surface area contributed by atoms with Gasteiger partial charge in [0.1, 0.15) is 11.5 Å². The molecule has 0 atom stereocenters. The molecule has 0 bridgehead atoms. The standard InChI is InChI=1S/C21H25NO3/c1-24-19-9-7-17-8-10-20(14-18(17)13-19)25-15-21(23)22-12-11-16-5-3-2-4-6-16/h5,7-10,13-14H,2-4,6,11-12,15H2,1H3,(H,22,23). The van der Waals surface area contributed by atoms with Crippen molar-refractivity contribution >= 4 is 16.7 Å². The zero-order chi connectivity index (χ0) is 17.5. The lowest BCUT2D eigenvalue weighted by Crippen LogP contribution is -2.30. The quantitative estimate of drug-likeness (QED) is 0.768. The van der Waals surface area contributed by atoms with E-state index in [9.17, 15) is 4.79 Å². The van der Waals surface area contributed by atoms with Crippen molar-refractivity contribution in [3.8, 4) is 11.5 Å². The number of carbonyl (C=O) groups excluding carboxylic acids is 1. The number of allylic oxidation sites excluding steroid dienone is 1. The largest absolute Gasteiger partial charge is 0.497 e. The van der Waals surface area contributed by atoms with Crippen molar-refractivity contribution in [2.45, 2.75) is 32.1 Å². The van der Waals surface area contributed by atoms with Crippen LogP contribution in [0.2, 0.25) is 0 Å². The Hall–Kier alpha value is -2.49. The number of hydrogen-bond donors (Lipinski definition) is 1. The number of hydrogen-bond acceptors (Lipinski definition) is 3. The second-order valence-corrected chi connectivity index (χ2v) is 6.37. The highest BCUT2D eigenvalue weighted by Crippen LogP contribution is 2.25. The van der Waals surface area contributed by atoms with Gasteiger partial charge < -0.3 is 14.8 Å². The summed E-state index contributed by atoms with van der Waals surface area (Å²) in [6.45, 7) is 0.720. The summed E-state index contributed by atoms with van der Waals surface area (Å²) >= 11 is 0. The molecule has 132 valence electrons. The van der Waals surface area contributed by atoms with E-state index in [4.69, 9.17) is 9.47 Å². The van der Waals surface area contributed by atoms with Gasteiger partial charge in [0.25, 0.3) is 5.91 Å². The summed E-state index contributed by atoms with van der Waals surface area (Å²) < 4.78 is 10.9. The molecular weight excluding hydrogens is 314 g/mol. The lowest BCUT2D eigenvalue weighted by atomic mass is 9.97. The van der Waals surface area contributed by atoms with Gasteiger partial charge in [0.05, 0.1) is 7.11 Å². The predicted octanol–water partition coefficient (Wildman–Crippen LogP) is 4.23. The topological polar surface area (TPSA) is 47.6 Å². The fourth-order valence-corrected chi connectivity index (χ4v) is 3.11. The molecule has 25 heavy (non-hydrogen) atoms. The molecule has 0 spiro atoms. The summed E-state index contributed by atoms with van der Waals surface area (Å²) in [7, 11) is 1.65. The molecule has 1 aliphatic carbocycles. The maximum absolute atomic E-state index is 11.9. The summed E-state index contributed by atoms with van der Waals surface area (Å²) in [6.07, 6.45) is 8.18. The normalized spacial score (nSPS) is 14.0. The van der Waals surface area contributed by atoms with Crippen LogP contribution in [0.25, 0.3) is 10.8 Å². The molecule has 0 fully saturated rings. The minimum absolute atomic E-state index is 0.0362. The molecule has 4 nitrogen and oxygen atoms in total. The van der Waals surface area contributed by atoms with E-state index in [2.05, 4.69) is 11.4 Å². The van der Waals surface area contributed by atoms with Crippen LogP contribution in [-0.4, -0.2) is 26.2 Å². The van der Waals surface area contributed by atoms with Gasteiger partial charge in [0, 0.05) is 6.54 Å². The second-order valence-electron chi connectivity index (χ2n) is 6.37. The number of rotatable bonds is 7. The molecule has 2 aromatic rings. The first-order chi connectivity index (χ1) is 12.2. The third kappa shape index (κ3) is 4.99. The second kappa shape index (κ2) is 8.56. The van der Waals surface area contributed by atoms with Crippen molar-refractivity contribution in [2.75, 3.05) is 20.3 Å². The summed E-state index contributed by atoms with van der Waals surface area (Å²) in [4.78, 5) is 11.9. The van der Waals surface area contributed by atoms with Crippen LogP contribution in [0.1, 0.15) is 32.1 Å². The van der Waals surface area contributed by atoms with Crippen LogP contribution in [0, 0.1) is 0 Å². The van der Waals surface area contributed by atoms with E-state index in [0.29, 0.717) is 12.3 Å². The Labute approximate surface area is 148 Å². The minimum atomic E-state index is -0.0813. The number of nitrogens with one attached hydrogen (secondary N) is 1. The number of fused-ring (bicyclic) bond motifs is 1. The molecule has 0 heterocycles. The van der Waals surface area contributed by atoms with Crippen LogP contribution in [0.4, 0.5) is 0 Å². The maximum atomic E-state index is 11.9. The van der Waals surface area contributed by atoms with Gasteiger partial charge in [-0.05, 0) is 67.1 Å². The van der Waals surface area contributed by atoms with E-state index in [0.717, 1.165) is 22.9 Å². The van der Waals surface area contributed by atoms with Gasteiger partial charge in [-0.15, -0.1) is 0 Å². The van der Waals surface area contributed by atoms with Gasteiger partial charge in [-0.2, -0.15) is 0 Å².